The first-order valence-corrected chi connectivity index (χ1v) is 12.2. The Morgan fingerprint density at radius 2 is 2.03 bits per heavy atom. The number of amides is 2. The number of fused-ring (bicyclic) bond motifs is 1. The van der Waals surface area contributed by atoms with Gasteiger partial charge in [-0.15, -0.1) is 0 Å². The third kappa shape index (κ3) is 5.51. The first-order valence-electron chi connectivity index (χ1n) is 12.2. The Hall–Kier alpha value is -3.33. The maximum absolute atomic E-state index is 15.0. The van der Waals surface area contributed by atoms with E-state index in [0.29, 0.717) is 41.3 Å². The molecular formula is C26H32FN5O3. The second-order valence-electron chi connectivity index (χ2n) is 8.97. The summed E-state index contributed by atoms with van der Waals surface area (Å²) in [7, 11) is 1.52. The van der Waals surface area contributed by atoms with Crippen LogP contribution in [0.2, 0.25) is 0 Å². The zero-order valence-corrected chi connectivity index (χ0v) is 20.5. The first-order chi connectivity index (χ1) is 16.9. The number of nitrogens with zero attached hydrogens (tertiary/aromatic N) is 4. The molecule has 1 unspecified atom stereocenters. The predicted octanol–water partition coefficient (Wildman–Crippen LogP) is 4.48. The third-order valence-corrected chi connectivity index (χ3v) is 6.46. The number of likely N-dealkylation sites (tertiary alicyclic amines) is 1. The standard InChI is InChI=1S/C26H32FN5O3/c1-4-19-15-23(26(34)31-12-7-5-6-8-17(31)2)29-24-16-22(30-32(19)24)20-10-9-18(14-21(20)27)28-25(33)11-13-35-3/h9-10,14-17H,4-8,11-13H2,1-3H3,(H,28,33). The van der Waals surface area contributed by atoms with Crippen LogP contribution in [-0.2, 0) is 16.0 Å². The molecule has 4 rings (SSSR count). The summed E-state index contributed by atoms with van der Waals surface area (Å²) < 4.78 is 21.5. The summed E-state index contributed by atoms with van der Waals surface area (Å²) in [5, 5.41) is 7.24. The third-order valence-electron chi connectivity index (χ3n) is 6.46. The quantitative estimate of drug-likeness (QED) is 0.538. The molecule has 0 spiro atoms. The van der Waals surface area contributed by atoms with Crippen LogP contribution in [0.1, 0.15) is 62.1 Å². The van der Waals surface area contributed by atoms with Crippen LogP contribution in [0.25, 0.3) is 16.9 Å². The number of aromatic nitrogens is 3. The van der Waals surface area contributed by atoms with Crippen LogP contribution in [0, 0.1) is 5.82 Å². The number of ether oxygens (including phenoxy) is 1. The van der Waals surface area contributed by atoms with Crippen molar-refractivity contribution < 1.29 is 18.7 Å². The van der Waals surface area contributed by atoms with E-state index in [1.807, 2.05) is 11.8 Å². The first kappa shape index (κ1) is 24.8. The number of anilines is 1. The van der Waals surface area contributed by atoms with Crippen molar-refractivity contribution in [3.63, 3.8) is 0 Å². The fourth-order valence-corrected chi connectivity index (χ4v) is 4.47. The maximum Gasteiger partial charge on any atom is 0.272 e. The van der Waals surface area contributed by atoms with Gasteiger partial charge in [0.25, 0.3) is 5.91 Å². The normalized spacial score (nSPS) is 16.3. The van der Waals surface area contributed by atoms with Crippen LogP contribution in [0.4, 0.5) is 10.1 Å². The van der Waals surface area contributed by atoms with E-state index in [2.05, 4.69) is 22.3 Å². The molecule has 1 aliphatic rings. The number of methoxy groups -OCH3 is 1. The molecule has 0 radical (unpaired) electrons. The summed E-state index contributed by atoms with van der Waals surface area (Å²) in [6, 6.07) is 8.15. The van der Waals surface area contributed by atoms with Gasteiger partial charge in [-0.2, -0.15) is 5.10 Å². The average Bonchev–Trinajstić information content (AvgIpc) is 3.15. The molecule has 1 atom stereocenters. The van der Waals surface area contributed by atoms with Crippen molar-refractivity contribution in [1.29, 1.82) is 0 Å². The van der Waals surface area contributed by atoms with Crippen molar-refractivity contribution in [2.75, 3.05) is 25.6 Å². The molecule has 9 heteroatoms. The number of nitrogens with one attached hydrogen (secondary N) is 1. The van der Waals surface area contributed by atoms with Gasteiger partial charge in [0.15, 0.2) is 5.65 Å². The van der Waals surface area contributed by atoms with Crippen LogP contribution < -0.4 is 5.32 Å². The Kier molecular flexibility index (Phi) is 7.75. The lowest BCUT2D eigenvalue weighted by atomic mass is 10.1. The monoisotopic (exact) mass is 481 g/mol. The summed E-state index contributed by atoms with van der Waals surface area (Å²) in [6.45, 7) is 5.10. The van der Waals surface area contributed by atoms with E-state index in [1.54, 1.807) is 28.8 Å². The maximum atomic E-state index is 15.0. The molecule has 0 aliphatic carbocycles. The lowest BCUT2D eigenvalue weighted by molar-refractivity contribution is -0.117. The van der Waals surface area contributed by atoms with Crippen molar-refractivity contribution >= 4 is 23.1 Å². The highest BCUT2D eigenvalue weighted by atomic mass is 19.1. The number of carbonyl (C=O) groups excluding carboxylic acids is 2. The SMILES string of the molecule is CCc1cc(C(=O)N2CCCCCC2C)nc2cc(-c3ccc(NC(=O)CCOC)cc3F)nn12. The van der Waals surface area contributed by atoms with E-state index in [-0.39, 0.29) is 24.3 Å². The predicted molar refractivity (Wildman–Crippen MR) is 132 cm³/mol. The van der Waals surface area contributed by atoms with Crippen molar-refractivity contribution in [2.45, 2.75) is 58.4 Å². The molecule has 2 amide bonds. The number of hydrogen-bond donors (Lipinski definition) is 1. The van der Waals surface area contributed by atoms with E-state index in [4.69, 9.17) is 4.74 Å². The van der Waals surface area contributed by atoms with Crippen molar-refractivity contribution in [3.8, 4) is 11.3 Å². The van der Waals surface area contributed by atoms with Gasteiger partial charge in [0.1, 0.15) is 11.5 Å². The van der Waals surface area contributed by atoms with E-state index in [1.165, 1.54) is 13.2 Å². The van der Waals surface area contributed by atoms with Crippen molar-refractivity contribution in [2.24, 2.45) is 0 Å². The highest BCUT2D eigenvalue weighted by Gasteiger charge is 2.25. The number of hydrogen-bond acceptors (Lipinski definition) is 5. The molecule has 1 saturated heterocycles. The number of rotatable bonds is 7. The summed E-state index contributed by atoms with van der Waals surface area (Å²) in [5.41, 5.74) is 2.79. The summed E-state index contributed by atoms with van der Waals surface area (Å²) in [4.78, 5) is 31.7. The van der Waals surface area contributed by atoms with Gasteiger partial charge in [-0.05, 0) is 50.5 Å². The molecule has 35 heavy (non-hydrogen) atoms. The van der Waals surface area contributed by atoms with Gasteiger partial charge in [0.2, 0.25) is 5.91 Å². The summed E-state index contributed by atoms with van der Waals surface area (Å²) in [5.74, 6) is -0.829. The van der Waals surface area contributed by atoms with Gasteiger partial charge in [-0.1, -0.05) is 19.8 Å². The van der Waals surface area contributed by atoms with E-state index < -0.39 is 5.82 Å². The Balaban J connectivity index is 1.63. The Morgan fingerprint density at radius 3 is 2.77 bits per heavy atom. The zero-order valence-electron chi connectivity index (χ0n) is 20.5. The van der Waals surface area contributed by atoms with Crippen LogP contribution in [0.15, 0.2) is 30.3 Å². The molecule has 3 heterocycles. The molecule has 1 fully saturated rings. The minimum atomic E-state index is -0.509. The fraction of sp³-hybridized carbons (Fsp3) is 0.462. The zero-order chi connectivity index (χ0) is 24.9. The highest BCUT2D eigenvalue weighted by molar-refractivity contribution is 5.93. The Morgan fingerprint density at radius 1 is 1.20 bits per heavy atom. The minimum Gasteiger partial charge on any atom is -0.384 e. The number of aryl methyl sites for hydroxylation is 1. The van der Waals surface area contributed by atoms with E-state index in [0.717, 1.165) is 37.9 Å². The average molecular weight is 482 g/mol. The molecule has 186 valence electrons. The van der Waals surface area contributed by atoms with E-state index in [9.17, 15) is 14.0 Å². The van der Waals surface area contributed by atoms with Gasteiger partial charge < -0.3 is 15.0 Å². The smallest absolute Gasteiger partial charge is 0.272 e. The largest absolute Gasteiger partial charge is 0.384 e. The molecule has 8 nitrogen and oxygen atoms in total. The lowest BCUT2D eigenvalue weighted by Gasteiger charge is -2.27. The van der Waals surface area contributed by atoms with Gasteiger partial charge in [-0.3, -0.25) is 9.59 Å². The fourth-order valence-electron chi connectivity index (χ4n) is 4.47. The molecular weight excluding hydrogens is 449 g/mol. The van der Waals surface area contributed by atoms with Crippen molar-refractivity contribution in [3.05, 3.63) is 47.5 Å². The number of halogens is 1. The summed E-state index contributed by atoms with van der Waals surface area (Å²) in [6.07, 6.45) is 5.09. The van der Waals surface area contributed by atoms with Gasteiger partial charge in [0, 0.05) is 42.7 Å². The highest BCUT2D eigenvalue weighted by Crippen LogP contribution is 2.26. The molecule has 2 aromatic heterocycles. The number of carbonyl (C=O) groups is 2. The van der Waals surface area contributed by atoms with Crippen molar-refractivity contribution in [1.82, 2.24) is 19.5 Å². The summed E-state index contributed by atoms with van der Waals surface area (Å²) >= 11 is 0. The van der Waals surface area contributed by atoms with Gasteiger partial charge in [-0.25, -0.2) is 13.9 Å². The van der Waals surface area contributed by atoms with Crippen LogP contribution in [0.5, 0.6) is 0 Å². The molecule has 1 aliphatic heterocycles. The van der Waals surface area contributed by atoms with Crippen LogP contribution in [-0.4, -0.2) is 57.6 Å². The van der Waals surface area contributed by atoms with E-state index >= 15 is 0 Å². The minimum absolute atomic E-state index is 0.0703. The van der Waals surface area contributed by atoms with Gasteiger partial charge >= 0.3 is 0 Å². The molecule has 3 aromatic rings. The molecule has 0 bridgehead atoms. The van der Waals surface area contributed by atoms with Gasteiger partial charge in [0.05, 0.1) is 18.7 Å². The number of benzene rings is 1. The molecule has 1 aromatic carbocycles. The second-order valence-corrected chi connectivity index (χ2v) is 8.97. The topological polar surface area (TPSA) is 88.8 Å². The molecule has 0 saturated carbocycles. The van der Waals surface area contributed by atoms with Crippen LogP contribution >= 0.6 is 0 Å². The Bertz CT molecular complexity index is 1230. The second kappa shape index (κ2) is 10.9. The van der Waals surface area contributed by atoms with Crippen LogP contribution in [0.3, 0.4) is 0 Å². The molecule has 1 N–H and O–H groups in total. The lowest BCUT2D eigenvalue weighted by Crippen LogP contribution is -2.38. The Labute approximate surface area is 204 Å².